The second-order valence-corrected chi connectivity index (χ2v) is 9.89. The minimum atomic E-state index is -0.983. The van der Waals surface area contributed by atoms with Gasteiger partial charge in [0.05, 0.1) is 11.1 Å². The van der Waals surface area contributed by atoms with Crippen molar-refractivity contribution < 1.29 is 29.3 Å². The molecule has 0 aromatic heterocycles. The van der Waals surface area contributed by atoms with Crippen LogP contribution in [0.25, 0.3) is 0 Å². The highest BCUT2D eigenvalue weighted by Gasteiger charge is 2.13. The van der Waals surface area contributed by atoms with Crippen LogP contribution < -0.4 is 9.47 Å². The van der Waals surface area contributed by atoms with Gasteiger partial charge in [-0.2, -0.15) is 0 Å². The Balaban J connectivity index is 1.39. The lowest BCUT2D eigenvalue weighted by Crippen LogP contribution is -2.38. The summed E-state index contributed by atoms with van der Waals surface area (Å²) in [5, 5.41) is 18.5. The third-order valence-corrected chi connectivity index (χ3v) is 6.74. The summed E-state index contributed by atoms with van der Waals surface area (Å²) >= 11 is 0. The van der Waals surface area contributed by atoms with E-state index >= 15 is 0 Å². The van der Waals surface area contributed by atoms with E-state index in [0.717, 1.165) is 26.2 Å². The zero-order chi connectivity index (χ0) is 29.6. The van der Waals surface area contributed by atoms with Crippen molar-refractivity contribution in [2.75, 3.05) is 39.4 Å². The molecular weight excluding hydrogens is 532 g/mol. The fraction of sp³-hybridized carbons (Fsp3) is 0.235. The molecule has 0 atom stereocenters. The van der Waals surface area contributed by atoms with Gasteiger partial charge >= 0.3 is 11.9 Å². The molecule has 0 bridgehead atoms. The molecule has 0 heterocycles. The molecule has 0 aliphatic carbocycles. The molecule has 4 aromatic carbocycles. The second-order valence-electron chi connectivity index (χ2n) is 9.89. The number of carboxylic acid groups (broad SMARTS) is 2. The number of hydrogen-bond donors (Lipinski definition) is 2. The fourth-order valence-electron chi connectivity index (χ4n) is 4.53. The van der Waals surface area contributed by atoms with Gasteiger partial charge in [0.1, 0.15) is 24.7 Å². The monoisotopic (exact) mass is 568 g/mol. The first-order chi connectivity index (χ1) is 20.5. The van der Waals surface area contributed by atoms with Gasteiger partial charge in [-0.3, -0.25) is 9.80 Å². The highest BCUT2D eigenvalue weighted by molar-refractivity contribution is 5.88. The molecular formula is C34H36N2O6. The number of aromatic carboxylic acids is 2. The van der Waals surface area contributed by atoms with Crippen molar-refractivity contribution in [2.45, 2.75) is 13.1 Å². The van der Waals surface area contributed by atoms with Gasteiger partial charge in [-0.15, -0.1) is 0 Å². The molecule has 0 aliphatic rings. The maximum absolute atomic E-state index is 11.3. The highest BCUT2D eigenvalue weighted by Crippen LogP contribution is 2.15. The number of rotatable bonds is 17. The molecule has 0 unspecified atom stereocenters. The van der Waals surface area contributed by atoms with Crippen LogP contribution in [0.15, 0.2) is 109 Å². The van der Waals surface area contributed by atoms with Gasteiger partial charge in [-0.1, -0.05) is 72.8 Å². The Kier molecular flexibility index (Phi) is 11.5. The summed E-state index contributed by atoms with van der Waals surface area (Å²) in [6, 6.07) is 33.6. The average molecular weight is 569 g/mol. The van der Waals surface area contributed by atoms with Gasteiger partial charge in [0, 0.05) is 39.3 Å². The van der Waals surface area contributed by atoms with Crippen LogP contribution in [-0.4, -0.2) is 71.3 Å². The largest absolute Gasteiger partial charge is 0.492 e. The zero-order valence-corrected chi connectivity index (χ0v) is 23.5. The van der Waals surface area contributed by atoms with E-state index in [2.05, 4.69) is 34.1 Å². The topological polar surface area (TPSA) is 99.5 Å². The quantitative estimate of drug-likeness (QED) is 0.171. The van der Waals surface area contributed by atoms with Gasteiger partial charge < -0.3 is 19.7 Å². The fourth-order valence-corrected chi connectivity index (χ4v) is 4.53. The number of carbonyl (C=O) groups is 2. The lowest BCUT2D eigenvalue weighted by atomic mass is 10.2. The van der Waals surface area contributed by atoms with E-state index in [4.69, 9.17) is 9.47 Å². The van der Waals surface area contributed by atoms with Crippen molar-refractivity contribution >= 4 is 11.9 Å². The number of hydrogen-bond acceptors (Lipinski definition) is 6. The van der Waals surface area contributed by atoms with Gasteiger partial charge in [0.2, 0.25) is 0 Å². The Morgan fingerprint density at radius 3 is 1.31 bits per heavy atom. The van der Waals surface area contributed by atoms with E-state index in [1.165, 1.54) is 23.3 Å². The van der Waals surface area contributed by atoms with Crippen molar-refractivity contribution in [1.82, 2.24) is 9.80 Å². The van der Waals surface area contributed by atoms with Crippen LogP contribution in [0.4, 0.5) is 0 Å². The van der Waals surface area contributed by atoms with Gasteiger partial charge in [0.25, 0.3) is 0 Å². The summed E-state index contributed by atoms with van der Waals surface area (Å²) in [6.45, 7) is 5.18. The second kappa shape index (κ2) is 16.0. The van der Waals surface area contributed by atoms with E-state index in [0.29, 0.717) is 37.8 Å². The molecule has 4 rings (SSSR count). The number of benzene rings is 4. The van der Waals surface area contributed by atoms with Crippen molar-refractivity contribution in [2.24, 2.45) is 0 Å². The van der Waals surface area contributed by atoms with Gasteiger partial charge in [0.15, 0.2) is 0 Å². The molecule has 4 aromatic rings. The Labute approximate surface area is 246 Å². The Morgan fingerprint density at radius 2 is 0.929 bits per heavy atom. The van der Waals surface area contributed by atoms with E-state index in [1.54, 1.807) is 36.4 Å². The first-order valence-corrected chi connectivity index (χ1v) is 13.9. The highest BCUT2D eigenvalue weighted by atomic mass is 16.5. The zero-order valence-electron chi connectivity index (χ0n) is 23.5. The molecule has 0 spiro atoms. The Morgan fingerprint density at radius 1 is 0.524 bits per heavy atom. The molecule has 42 heavy (non-hydrogen) atoms. The third-order valence-electron chi connectivity index (χ3n) is 6.74. The van der Waals surface area contributed by atoms with Crippen molar-refractivity contribution in [3.63, 3.8) is 0 Å². The predicted molar refractivity (Wildman–Crippen MR) is 161 cm³/mol. The number of nitrogens with zero attached hydrogens (tertiary/aromatic N) is 2. The molecule has 8 nitrogen and oxygen atoms in total. The van der Waals surface area contributed by atoms with Crippen molar-refractivity contribution in [3.05, 3.63) is 131 Å². The Bertz CT molecular complexity index is 1300. The van der Waals surface area contributed by atoms with Crippen LogP contribution in [0.2, 0.25) is 0 Å². The lowest BCUT2D eigenvalue weighted by Gasteiger charge is -2.28. The van der Waals surface area contributed by atoms with Crippen molar-refractivity contribution in [1.29, 1.82) is 0 Å². The first kappa shape index (κ1) is 30.3. The van der Waals surface area contributed by atoms with Crippen molar-refractivity contribution in [3.8, 4) is 11.5 Å². The van der Waals surface area contributed by atoms with Crippen LogP contribution in [0, 0.1) is 0 Å². The average Bonchev–Trinajstić information content (AvgIpc) is 3.01. The first-order valence-electron chi connectivity index (χ1n) is 13.9. The smallest absolute Gasteiger partial charge is 0.335 e. The molecule has 0 amide bonds. The Hall–Kier alpha value is -4.66. The van der Waals surface area contributed by atoms with E-state index < -0.39 is 11.9 Å². The number of carboxylic acids is 2. The van der Waals surface area contributed by atoms with Crippen LogP contribution in [-0.2, 0) is 13.1 Å². The molecule has 8 heteroatoms. The molecule has 0 aliphatic heterocycles. The molecule has 2 N–H and O–H groups in total. The summed E-state index contributed by atoms with van der Waals surface area (Å²) in [4.78, 5) is 27.3. The van der Waals surface area contributed by atoms with Gasteiger partial charge in [-0.25, -0.2) is 9.59 Å². The molecule has 0 fully saturated rings. The van der Waals surface area contributed by atoms with Crippen LogP contribution in [0.3, 0.4) is 0 Å². The maximum Gasteiger partial charge on any atom is 0.335 e. The summed E-state index contributed by atoms with van der Waals surface area (Å²) < 4.78 is 11.9. The standard InChI is InChI=1S/C34H36N2O6/c37-33(38)29-13-7-15-31(23-29)41-21-19-35(25-27-9-3-1-4-10-27)17-18-36(26-28-11-5-2-6-12-28)20-22-42-32-16-8-14-30(24-32)34(39)40/h1-16,23-24H,17-22,25-26H2,(H,37,38)(H,39,40). The predicted octanol–water partition coefficient (Wildman–Crippen LogP) is 5.55. The molecule has 0 saturated carbocycles. The van der Waals surface area contributed by atoms with Crippen LogP contribution in [0.1, 0.15) is 31.8 Å². The van der Waals surface area contributed by atoms with E-state index in [1.807, 2.05) is 36.4 Å². The summed E-state index contributed by atoms with van der Waals surface area (Å²) in [7, 11) is 0. The summed E-state index contributed by atoms with van der Waals surface area (Å²) in [5.74, 6) is -0.903. The maximum atomic E-state index is 11.3. The summed E-state index contributed by atoms with van der Waals surface area (Å²) in [6.07, 6.45) is 0. The normalized spacial score (nSPS) is 11.0. The van der Waals surface area contributed by atoms with Crippen LogP contribution >= 0.6 is 0 Å². The van der Waals surface area contributed by atoms with Gasteiger partial charge in [-0.05, 0) is 47.5 Å². The SMILES string of the molecule is O=C(O)c1cccc(OCCN(CCN(CCOc2cccc(C(=O)O)c2)Cc2ccccc2)Cc2ccccc2)c1. The minimum absolute atomic E-state index is 0.196. The van der Waals surface area contributed by atoms with Crippen LogP contribution in [0.5, 0.6) is 11.5 Å². The lowest BCUT2D eigenvalue weighted by molar-refractivity contribution is 0.0685. The molecule has 218 valence electrons. The molecule has 0 radical (unpaired) electrons. The van der Waals surface area contributed by atoms with E-state index in [9.17, 15) is 19.8 Å². The molecule has 0 saturated heterocycles. The minimum Gasteiger partial charge on any atom is -0.492 e. The third kappa shape index (κ3) is 10.1. The summed E-state index contributed by atoms with van der Waals surface area (Å²) in [5.41, 5.74) is 2.78. The van der Waals surface area contributed by atoms with E-state index in [-0.39, 0.29) is 11.1 Å². The number of ether oxygens (including phenoxy) is 2.